The standard InChI is InChI=1S/C37H31BrN4O4/c1-2-3-8-22-13-17-24(18-14-22)40-33(43)34(44)41-39-21-37-28-11-6-4-9-26(28)30(27-10-5-7-12-29(27)37)31-32(37)36(46)42(35(31)45)25-19-15-23(38)16-20-25/h4-7,9-21,30-32H,2-3,8H2,1H3,(H,40,43)(H,41,44)/b39-21-/t30?,31-,32+,37?/m0/s1. The second kappa shape index (κ2) is 11.8. The third-order valence-corrected chi connectivity index (χ3v) is 9.97. The van der Waals surface area contributed by atoms with E-state index in [1.807, 2.05) is 60.7 Å². The average Bonchev–Trinajstić information content (AvgIpc) is 3.35. The van der Waals surface area contributed by atoms with Crippen LogP contribution in [0.2, 0.25) is 0 Å². The molecular weight excluding hydrogens is 644 g/mol. The molecule has 9 heteroatoms. The van der Waals surface area contributed by atoms with E-state index in [4.69, 9.17) is 0 Å². The lowest BCUT2D eigenvalue weighted by Crippen LogP contribution is -2.54. The quantitative estimate of drug-likeness (QED) is 0.107. The lowest BCUT2D eigenvalue weighted by molar-refractivity contribution is -0.136. The van der Waals surface area contributed by atoms with Gasteiger partial charge in [-0.2, -0.15) is 5.10 Å². The Morgan fingerprint density at radius 3 is 2.11 bits per heavy atom. The summed E-state index contributed by atoms with van der Waals surface area (Å²) in [6.45, 7) is 2.13. The van der Waals surface area contributed by atoms with Gasteiger partial charge in [-0.3, -0.25) is 19.2 Å². The van der Waals surface area contributed by atoms with Crippen LogP contribution in [0.5, 0.6) is 0 Å². The maximum Gasteiger partial charge on any atom is 0.329 e. The highest BCUT2D eigenvalue weighted by Gasteiger charge is 2.68. The fourth-order valence-corrected chi connectivity index (χ4v) is 7.73. The molecule has 4 aromatic rings. The lowest BCUT2D eigenvalue weighted by Gasteiger charge is -2.52. The maximum atomic E-state index is 14.4. The number of nitrogens with zero attached hydrogens (tertiary/aromatic N) is 2. The zero-order valence-corrected chi connectivity index (χ0v) is 26.7. The number of nitrogens with one attached hydrogen (secondary N) is 2. The minimum atomic E-state index is -1.17. The third kappa shape index (κ3) is 4.69. The first-order valence-electron chi connectivity index (χ1n) is 15.4. The monoisotopic (exact) mass is 674 g/mol. The summed E-state index contributed by atoms with van der Waals surface area (Å²) >= 11 is 3.43. The molecule has 0 spiro atoms. The van der Waals surface area contributed by atoms with Gasteiger partial charge < -0.3 is 5.32 Å². The van der Waals surface area contributed by atoms with Crippen LogP contribution < -0.4 is 15.6 Å². The van der Waals surface area contributed by atoms with Crippen LogP contribution in [0.3, 0.4) is 0 Å². The molecule has 4 aliphatic rings. The number of carbonyl (C=O) groups excluding carboxylic acids is 4. The first kappa shape index (κ1) is 29.8. The molecule has 2 bridgehead atoms. The molecule has 0 unspecified atom stereocenters. The van der Waals surface area contributed by atoms with Crippen LogP contribution in [0.15, 0.2) is 107 Å². The highest BCUT2D eigenvalue weighted by molar-refractivity contribution is 9.10. The van der Waals surface area contributed by atoms with Gasteiger partial charge in [0.25, 0.3) is 0 Å². The molecule has 4 aromatic carbocycles. The van der Waals surface area contributed by atoms with E-state index in [0.29, 0.717) is 11.4 Å². The van der Waals surface area contributed by atoms with E-state index in [-0.39, 0.29) is 17.7 Å². The van der Waals surface area contributed by atoms with Crippen molar-refractivity contribution in [3.63, 3.8) is 0 Å². The number of amides is 4. The molecule has 2 atom stereocenters. The molecule has 1 saturated heterocycles. The van der Waals surface area contributed by atoms with Gasteiger partial charge in [0.15, 0.2) is 0 Å². The first-order valence-corrected chi connectivity index (χ1v) is 16.2. The molecule has 46 heavy (non-hydrogen) atoms. The number of unbranched alkanes of at least 4 members (excludes halogenated alkanes) is 1. The predicted molar refractivity (Wildman–Crippen MR) is 179 cm³/mol. The Bertz CT molecular complexity index is 1860. The first-order chi connectivity index (χ1) is 22.3. The lowest BCUT2D eigenvalue weighted by atomic mass is 9.47. The van der Waals surface area contributed by atoms with Crippen molar-refractivity contribution in [1.29, 1.82) is 0 Å². The molecule has 2 N–H and O–H groups in total. The van der Waals surface area contributed by atoms with Crippen molar-refractivity contribution in [2.45, 2.75) is 37.5 Å². The number of aryl methyl sites for hydroxylation is 1. The summed E-state index contributed by atoms with van der Waals surface area (Å²) in [5, 5.41) is 6.95. The van der Waals surface area contributed by atoms with Gasteiger partial charge in [-0.25, -0.2) is 10.3 Å². The van der Waals surface area contributed by atoms with Crippen LogP contribution in [0.25, 0.3) is 0 Å². The largest absolute Gasteiger partial charge is 0.329 e. The van der Waals surface area contributed by atoms with Gasteiger partial charge in [0.2, 0.25) is 11.8 Å². The average molecular weight is 676 g/mol. The molecule has 4 amide bonds. The summed E-state index contributed by atoms with van der Waals surface area (Å²) in [4.78, 5) is 55.7. The molecule has 0 radical (unpaired) electrons. The van der Waals surface area contributed by atoms with Crippen molar-refractivity contribution in [3.05, 3.63) is 129 Å². The topological polar surface area (TPSA) is 108 Å². The van der Waals surface area contributed by atoms with Gasteiger partial charge in [0, 0.05) is 22.3 Å². The van der Waals surface area contributed by atoms with E-state index in [0.717, 1.165) is 51.6 Å². The smallest absolute Gasteiger partial charge is 0.318 e. The van der Waals surface area contributed by atoms with E-state index in [1.54, 1.807) is 42.6 Å². The number of hydrogen-bond donors (Lipinski definition) is 2. The number of hydrogen-bond acceptors (Lipinski definition) is 5. The van der Waals surface area contributed by atoms with Crippen molar-refractivity contribution in [3.8, 4) is 0 Å². The number of anilines is 2. The summed E-state index contributed by atoms with van der Waals surface area (Å²) in [7, 11) is 0. The zero-order chi connectivity index (χ0) is 32.0. The highest BCUT2D eigenvalue weighted by atomic mass is 79.9. The third-order valence-electron chi connectivity index (χ3n) is 9.44. The Kier molecular flexibility index (Phi) is 7.64. The van der Waals surface area contributed by atoms with Gasteiger partial charge in [0.1, 0.15) is 0 Å². The minimum absolute atomic E-state index is 0.270. The summed E-state index contributed by atoms with van der Waals surface area (Å²) in [5.41, 5.74) is 6.97. The van der Waals surface area contributed by atoms with Crippen LogP contribution >= 0.6 is 15.9 Å². The number of halogens is 1. The van der Waals surface area contributed by atoms with Crippen molar-refractivity contribution in [2.75, 3.05) is 10.2 Å². The normalized spacial score (nSPS) is 22.4. The van der Waals surface area contributed by atoms with E-state index in [2.05, 4.69) is 38.7 Å². The number of hydrazone groups is 1. The van der Waals surface area contributed by atoms with Crippen molar-refractivity contribution in [1.82, 2.24) is 5.43 Å². The van der Waals surface area contributed by atoms with Crippen LogP contribution in [0.1, 0.15) is 53.5 Å². The number of rotatable bonds is 7. The number of benzene rings is 4. The second-order valence-corrected chi connectivity index (χ2v) is 12.9. The Morgan fingerprint density at radius 2 is 1.48 bits per heavy atom. The number of imide groups is 1. The van der Waals surface area contributed by atoms with Gasteiger partial charge in [-0.15, -0.1) is 0 Å². The second-order valence-electron chi connectivity index (χ2n) is 12.0. The van der Waals surface area contributed by atoms with Gasteiger partial charge in [0.05, 0.1) is 22.9 Å². The molecule has 3 aliphatic carbocycles. The van der Waals surface area contributed by atoms with Crippen molar-refractivity contribution >= 4 is 57.1 Å². The molecule has 0 saturated carbocycles. The fraction of sp³-hybridized carbons (Fsp3) is 0.216. The predicted octanol–water partition coefficient (Wildman–Crippen LogP) is 6.08. The highest BCUT2D eigenvalue weighted by Crippen LogP contribution is 2.63. The maximum absolute atomic E-state index is 14.4. The van der Waals surface area contributed by atoms with Crippen LogP contribution in [0.4, 0.5) is 11.4 Å². The molecule has 1 heterocycles. The molecule has 0 aromatic heterocycles. The molecule has 8 nitrogen and oxygen atoms in total. The fourth-order valence-electron chi connectivity index (χ4n) is 7.46. The summed E-state index contributed by atoms with van der Waals surface area (Å²) in [5.74, 6) is -4.22. The van der Waals surface area contributed by atoms with E-state index < -0.39 is 29.1 Å². The van der Waals surface area contributed by atoms with E-state index in [1.165, 1.54) is 4.90 Å². The molecule has 1 fully saturated rings. The zero-order valence-electron chi connectivity index (χ0n) is 25.1. The van der Waals surface area contributed by atoms with E-state index in [9.17, 15) is 19.2 Å². The Morgan fingerprint density at radius 1 is 0.848 bits per heavy atom. The molecular formula is C37H31BrN4O4. The van der Waals surface area contributed by atoms with Crippen LogP contribution in [0, 0.1) is 11.8 Å². The van der Waals surface area contributed by atoms with Gasteiger partial charge in [-0.05, 0) is 77.1 Å². The Hall–Kier alpha value is -4.89. The Labute approximate surface area is 275 Å². The SMILES string of the molecule is CCCCc1ccc(NC(=O)C(=O)N/N=C\C23c4ccccc4C(c4ccccc42)[C@@H]2C(=O)N(c4ccc(Br)cc4)C(=O)[C@@H]23)cc1. The minimum Gasteiger partial charge on any atom is -0.318 e. The van der Waals surface area contributed by atoms with Crippen LogP contribution in [-0.4, -0.2) is 29.8 Å². The van der Waals surface area contributed by atoms with Crippen molar-refractivity contribution in [2.24, 2.45) is 16.9 Å². The molecule has 8 rings (SSSR count). The molecule has 1 aliphatic heterocycles. The van der Waals surface area contributed by atoms with Crippen molar-refractivity contribution < 1.29 is 19.2 Å². The number of carbonyl (C=O) groups is 4. The summed E-state index contributed by atoms with van der Waals surface area (Å²) in [6.07, 6.45) is 4.66. The van der Waals surface area contributed by atoms with E-state index >= 15 is 0 Å². The summed E-state index contributed by atoms with van der Waals surface area (Å²) in [6, 6.07) is 30.1. The van der Waals surface area contributed by atoms with Gasteiger partial charge >= 0.3 is 11.8 Å². The van der Waals surface area contributed by atoms with Crippen LogP contribution in [-0.2, 0) is 31.0 Å². The Balaban J connectivity index is 1.23. The van der Waals surface area contributed by atoms with Gasteiger partial charge in [-0.1, -0.05) is 89.9 Å². The molecule has 230 valence electrons. The summed E-state index contributed by atoms with van der Waals surface area (Å²) < 4.78 is 0.833.